The van der Waals surface area contributed by atoms with Crippen molar-refractivity contribution in [2.75, 3.05) is 18.1 Å². The Bertz CT molecular complexity index is 477. The van der Waals surface area contributed by atoms with Gasteiger partial charge in [-0.1, -0.05) is 17.7 Å². The summed E-state index contributed by atoms with van der Waals surface area (Å²) in [5, 5.41) is 8.83. The number of carboxylic acid groups (broad SMARTS) is 1. The molecule has 0 spiro atoms. The number of benzene rings is 1. The number of carbonyl (C=O) groups is 2. The summed E-state index contributed by atoms with van der Waals surface area (Å²) >= 11 is 0. The fourth-order valence-electron chi connectivity index (χ4n) is 2.24. The van der Waals surface area contributed by atoms with Gasteiger partial charge in [0, 0.05) is 18.8 Å². The summed E-state index contributed by atoms with van der Waals surface area (Å²) in [5.41, 5.74) is 1.81. The van der Waals surface area contributed by atoms with Gasteiger partial charge in [0.1, 0.15) is 6.10 Å². The largest absolute Gasteiger partial charge is 0.481 e. The third-order valence-electron chi connectivity index (χ3n) is 3.37. The first kappa shape index (κ1) is 14.5. The van der Waals surface area contributed by atoms with Gasteiger partial charge in [0.25, 0.3) is 5.91 Å². The van der Waals surface area contributed by atoms with Crippen molar-refractivity contribution in [2.24, 2.45) is 0 Å². The lowest BCUT2D eigenvalue weighted by Crippen LogP contribution is -2.40. The first-order valence-electron chi connectivity index (χ1n) is 6.79. The van der Waals surface area contributed by atoms with Crippen molar-refractivity contribution in [3.8, 4) is 0 Å². The number of nitrogens with zero attached hydrogens (tertiary/aromatic N) is 1. The molecule has 1 aromatic rings. The number of amides is 1. The van der Waals surface area contributed by atoms with E-state index in [1.165, 1.54) is 4.90 Å². The van der Waals surface area contributed by atoms with Gasteiger partial charge < -0.3 is 14.7 Å². The fraction of sp³-hybridized carbons (Fsp3) is 0.467. The zero-order valence-corrected chi connectivity index (χ0v) is 11.5. The molecule has 1 fully saturated rings. The molecule has 1 heterocycles. The molecule has 0 aliphatic carbocycles. The Balaban J connectivity index is 2.16. The highest BCUT2D eigenvalue weighted by atomic mass is 16.5. The molecule has 1 aliphatic heterocycles. The average Bonchev–Trinajstić information content (AvgIpc) is 2.94. The minimum absolute atomic E-state index is 0.0770. The highest BCUT2D eigenvalue weighted by Gasteiger charge is 2.29. The van der Waals surface area contributed by atoms with E-state index < -0.39 is 12.1 Å². The number of aryl methyl sites for hydroxylation is 1. The van der Waals surface area contributed by atoms with Gasteiger partial charge in [-0.15, -0.1) is 0 Å². The molecular formula is C15H19NO4. The smallest absolute Gasteiger partial charge is 0.305 e. The van der Waals surface area contributed by atoms with Crippen molar-refractivity contribution in [3.05, 3.63) is 29.8 Å². The lowest BCUT2D eigenvalue weighted by Gasteiger charge is -2.25. The lowest BCUT2D eigenvalue weighted by atomic mass is 10.1. The number of aliphatic carboxylic acids is 1. The van der Waals surface area contributed by atoms with Gasteiger partial charge >= 0.3 is 5.97 Å². The maximum atomic E-state index is 12.5. The lowest BCUT2D eigenvalue weighted by molar-refractivity contribution is -0.136. The maximum absolute atomic E-state index is 12.5. The van der Waals surface area contributed by atoms with Crippen LogP contribution in [0.4, 0.5) is 5.69 Å². The number of anilines is 1. The van der Waals surface area contributed by atoms with Gasteiger partial charge in [0.2, 0.25) is 0 Å². The Morgan fingerprint density at radius 3 is 2.60 bits per heavy atom. The number of carbonyl (C=O) groups excluding carboxylic acids is 1. The molecule has 108 valence electrons. The van der Waals surface area contributed by atoms with Crippen LogP contribution in [-0.4, -0.2) is 36.2 Å². The molecule has 5 heteroatoms. The molecule has 1 saturated heterocycles. The molecule has 2 rings (SSSR count). The van der Waals surface area contributed by atoms with Gasteiger partial charge in [0.05, 0.1) is 6.42 Å². The molecule has 0 unspecified atom stereocenters. The predicted octanol–water partition coefficient (Wildman–Crippen LogP) is 1.98. The van der Waals surface area contributed by atoms with Crippen LogP contribution in [-0.2, 0) is 14.3 Å². The van der Waals surface area contributed by atoms with Crippen LogP contribution in [0.2, 0.25) is 0 Å². The molecule has 0 radical (unpaired) electrons. The number of carboxylic acids is 1. The number of hydrogen-bond donors (Lipinski definition) is 1. The van der Waals surface area contributed by atoms with E-state index in [0.29, 0.717) is 13.0 Å². The Morgan fingerprint density at radius 1 is 1.35 bits per heavy atom. The summed E-state index contributed by atoms with van der Waals surface area (Å²) in [5.74, 6) is -1.06. The summed E-state index contributed by atoms with van der Waals surface area (Å²) in [6, 6.07) is 7.49. The van der Waals surface area contributed by atoms with Gasteiger partial charge in [-0.25, -0.2) is 0 Å². The topological polar surface area (TPSA) is 66.8 Å². The van der Waals surface area contributed by atoms with Crippen molar-refractivity contribution in [1.82, 2.24) is 0 Å². The van der Waals surface area contributed by atoms with E-state index in [-0.39, 0.29) is 18.9 Å². The van der Waals surface area contributed by atoms with Gasteiger partial charge in [-0.3, -0.25) is 9.59 Å². The zero-order valence-electron chi connectivity index (χ0n) is 11.5. The molecule has 5 nitrogen and oxygen atoms in total. The van der Waals surface area contributed by atoms with E-state index in [1.807, 2.05) is 31.2 Å². The molecule has 1 amide bonds. The standard InChI is InChI=1S/C15H19NO4/c1-11-4-6-12(7-5-11)16(9-8-14(17)18)15(19)13-3-2-10-20-13/h4-7,13H,2-3,8-10H2,1H3,(H,17,18)/t13-/m1/s1. The van der Waals surface area contributed by atoms with Crippen LogP contribution in [0.1, 0.15) is 24.8 Å². The summed E-state index contributed by atoms with van der Waals surface area (Å²) < 4.78 is 5.41. The monoisotopic (exact) mass is 277 g/mol. The molecular weight excluding hydrogens is 258 g/mol. The van der Waals surface area contributed by atoms with Crippen LogP contribution in [0.25, 0.3) is 0 Å². The minimum Gasteiger partial charge on any atom is -0.481 e. The summed E-state index contributed by atoms with van der Waals surface area (Å²) in [6.45, 7) is 2.72. The van der Waals surface area contributed by atoms with Gasteiger partial charge in [-0.05, 0) is 31.9 Å². The van der Waals surface area contributed by atoms with Crippen LogP contribution in [0.15, 0.2) is 24.3 Å². The van der Waals surface area contributed by atoms with Crippen LogP contribution >= 0.6 is 0 Å². The van der Waals surface area contributed by atoms with Crippen molar-refractivity contribution < 1.29 is 19.4 Å². The molecule has 1 aromatic carbocycles. The van der Waals surface area contributed by atoms with E-state index >= 15 is 0 Å². The molecule has 1 atom stereocenters. The Labute approximate surface area is 118 Å². The molecule has 20 heavy (non-hydrogen) atoms. The van der Waals surface area contributed by atoms with Crippen LogP contribution in [0.5, 0.6) is 0 Å². The first-order valence-corrected chi connectivity index (χ1v) is 6.79. The predicted molar refractivity (Wildman–Crippen MR) is 74.8 cm³/mol. The van der Waals surface area contributed by atoms with Crippen LogP contribution < -0.4 is 4.90 Å². The van der Waals surface area contributed by atoms with E-state index in [1.54, 1.807) is 0 Å². The number of hydrogen-bond acceptors (Lipinski definition) is 3. The fourth-order valence-corrected chi connectivity index (χ4v) is 2.24. The van der Waals surface area contributed by atoms with E-state index in [0.717, 1.165) is 17.7 Å². The highest BCUT2D eigenvalue weighted by Crippen LogP contribution is 2.21. The maximum Gasteiger partial charge on any atom is 0.305 e. The third kappa shape index (κ3) is 3.57. The first-order chi connectivity index (χ1) is 9.58. The number of ether oxygens (including phenoxy) is 1. The second-order valence-electron chi connectivity index (χ2n) is 4.97. The Hall–Kier alpha value is -1.88. The third-order valence-corrected chi connectivity index (χ3v) is 3.37. The minimum atomic E-state index is -0.915. The Morgan fingerprint density at radius 2 is 2.05 bits per heavy atom. The van der Waals surface area contributed by atoms with E-state index in [9.17, 15) is 9.59 Å². The Kier molecular flexibility index (Phi) is 4.74. The van der Waals surface area contributed by atoms with Crippen molar-refractivity contribution in [1.29, 1.82) is 0 Å². The van der Waals surface area contributed by atoms with E-state index in [2.05, 4.69) is 0 Å². The molecule has 0 saturated carbocycles. The van der Waals surface area contributed by atoms with Crippen LogP contribution in [0.3, 0.4) is 0 Å². The van der Waals surface area contributed by atoms with Crippen LogP contribution in [0, 0.1) is 6.92 Å². The van der Waals surface area contributed by atoms with Crippen molar-refractivity contribution in [2.45, 2.75) is 32.3 Å². The second kappa shape index (κ2) is 6.52. The highest BCUT2D eigenvalue weighted by molar-refractivity contribution is 5.97. The van der Waals surface area contributed by atoms with Crippen molar-refractivity contribution in [3.63, 3.8) is 0 Å². The van der Waals surface area contributed by atoms with E-state index in [4.69, 9.17) is 9.84 Å². The second-order valence-corrected chi connectivity index (χ2v) is 4.97. The SMILES string of the molecule is Cc1ccc(N(CCC(=O)O)C(=O)[C@H]2CCCO2)cc1. The zero-order chi connectivity index (χ0) is 14.5. The quantitative estimate of drug-likeness (QED) is 0.893. The normalized spacial score (nSPS) is 17.9. The summed E-state index contributed by atoms with van der Waals surface area (Å²) in [4.78, 5) is 24.7. The molecule has 0 aromatic heterocycles. The summed E-state index contributed by atoms with van der Waals surface area (Å²) in [6.07, 6.45) is 1.06. The van der Waals surface area contributed by atoms with Gasteiger partial charge in [-0.2, -0.15) is 0 Å². The average molecular weight is 277 g/mol. The summed E-state index contributed by atoms with van der Waals surface area (Å²) in [7, 11) is 0. The van der Waals surface area contributed by atoms with Crippen molar-refractivity contribution >= 4 is 17.6 Å². The molecule has 0 bridgehead atoms. The van der Waals surface area contributed by atoms with Gasteiger partial charge in [0.15, 0.2) is 0 Å². The number of rotatable bonds is 5. The molecule has 1 aliphatic rings. The molecule has 1 N–H and O–H groups in total.